The number of rotatable bonds is 5. The number of hydrogen-bond acceptors (Lipinski definition) is 4. The first-order chi connectivity index (χ1) is 9.59. The van der Waals surface area contributed by atoms with Crippen molar-refractivity contribution in [1.29, 1.82) is 0 Å². The summed E-state index contributed by atoms with van der Waals surface area (Å²) < 4.78 is 24.3. The average molecular weight is 308 g/mol. The summed E-state index contributed by atoms with van der Waals surface area (Å²) in [5, 5.41) is 0. The third kappa shape index (κ3) is 3.46. The molecule has 0 aliphatic heterocycles. The maximum Gasteiger partial charge on any atom is 0.0617 e. The number of nitrogens with two attached hydrogens (primary N) is 2. The molecule has 0 heterocycles. The van der Waals surface area contributed by atoms with Crippen molar-refractivity contribution in [3.05, 3.63) is 48.5 Å². The van der Waals surface area contributed by atoms with Crippen LogP contribution >= 0.6 is 0 Å². The summed E-state index contributed by atoms with van der Waals surface area (Å²) in [5.41, 5.74) is 12.5. The molecule has 4 nitrogen and oxygen atoms in total. The van der Waals surface area contributed by atoms with Crippen molar-refractivity contribution in [2.24, 2.45) is 0 Å². The lowest BCUT2D eigenvalue weighted by atomic mass is 10.3. The lowest BCUT2D eigenvalue weighted by Gasteiger charge is -2.07. The topological polar surface area (TPSA) is 86.2 Å². The number of hydrogen-bond donors (Lipinski definition) is 2. The molecular weight excluding hydrogens is 292 g/mol. The van der Waals surface area contributed by atoms with Crippen LogP contribution in [0.25, 0.3) is 0 Å². The van der Waals surface area contributed by atoms with Gasteiger partial charge in [0.05, 0.1) is 31.4 Å². The molecule has 0 amide bonds. The van der Waals surface area contributed by atoms with Gasteiger partial charge in [-0.2, -0.15) is 0 Å². The van der Waals surface area contributed by atoms with Gasteiger partial charge in [0.15, 0.2) is 0 Å². The third-order valence-electron chi connectivity index (χ3n) is 2.78. The molecule has 0 fully saturated rings. The molecule has 4 N–H and O–H groups in total. The molecular formula is C14H16N2O2S2. The summed E-state index contributed by atoms with van der Waals surface area (Å²) in [5.74, 6) is 0.574. The molecule has 106 valence electrons. The Morgan fingerprint density at radius 2 is 1.05 bits per heavy atom. The first-order valence-electron chi connectivity index (χ1n) is 6.05. The van der Waals surface area contributed by atoms with Crippen LogP contribution in [0.1, 0.15) is 0 Å². The Labute approximate surface area is 123 Å². The van der Waals surface area contributed by atoms with E-state index in [4.69, 9.17) is 11.5 Å². The molecule has 2 rings (SSSR count). The Morgan fingerprint density at radius 1 is 0.700 bits per heavy atom. The predicted octanol–water partition coefficient (Wildman–Crippen LogP) is 1.77. The smallest absolute Gasteiger partial charge is 0.0617 e. The van der Waals surface area contributed by atoms with Gasteiger partial charge in [0.25, 0.3) is 0 Å². The van der Waals surface area contributed by atoms with Gasteiger partial charge in [0.2, 0.25) is 0 Å². The molecule has 2 atom stereocenters. The zero-order chi connectivity index (χ0) is 14.5. The van der Waals surface area contributed by atoms with Gasteiger partial charge in [-0.25, -0.2) is 0 Å². The first-order valence-corrected chi connectivity index (χ1v) is 8.69. The summed E-state index contributed by atoms with van der Waals surface area (Å²) in [4.78, 5) is 1.18. The minimum Gasteiger partial charge on any atom is -0.398 e. The zero-order valence-electron chi connectivity index (χ0n) is 10.8. The van der Waals surface area contributed by atoms with E-state index in [1.165, 1.54) is 0 Å². The van der Waals surface area contributed by atoms with Gasteiger partial charge in [-0.1, -0.05) is 24.3 Å². The van der Waals surface area contributed by atoms with Crippen molar-refractivity contribution < 1.29 is 8.42 Å². The van der Waals surface area contributed by atoms with Crippen LogP contribution < -0.4 is 11.5 Å². The second-order valence-corrected chi connectivity index (χ2v) is 7.25. The molecule has 6 heteroatoms. The van der Waals surface area contributed by atoms with E-state index in [2.05, 4.69) is 0 Å². The Hall–Kier alpha value is -1.66. The number of nitrogen functional groups attached to an aromatic ring is 2. The molecule has 2 unspecified atom stereocenters. The lowest BCUT2D eigenvalue weighted by Crippen LogP contribution is -2.10. The van der Waals surface area contributed by atoms with Gasteiger partial charge in [0, 0.05) is 22.9 Å². The minimum absolute atomic E-state index is 0.287. The molecule has 2 aromatic carbocycles. The molecule has 0 spiro atoms. The van der Waals surface area contributed by atoms with Crippen molar-refractivity contribution in [3.63, 3.8) is 0 Å². The van der Waals surface area contributed by atoms with Gasteiger partial charge < -0.3 is 11.5 Å². The van der Waals surface area contributed by atoms with Crippen LogP contribution in [-0.2, 0) is 21.6 Å². The highest BCUT2D eigenvalue weighted by molar-refractivity contribution is 7.89. The molecule has 0 saturated heterocycles. The maximum atomic E-state index is 12.2. The van der Waals surface area contributed by atoms with Crippen LogP contribution in [0, 0.1) is 0 Å². The van der Waals surface area contributed by atoms with E-state index in [-0.39, 0.29) is 11.5 Å². The van der Waals surface area contributed by atoms with E-state index in [1.807, 2.05) is 0 Å². The molecule has 0 saturated carbocycles. The fraction of sp³-hybridized carbons (Fsp3) is 0.143. The molecule has 0 aliphatic rings. The second-order valence-electron chi connectivity index (χ2n) is 4.17. The Kier molecular flexibility index (Phi) is 4.92. The highest BCUT2D eigenvalue weighted by Gasteiger charge is 2.12. The summed E-state index contributed by atoms with van der Waals surface area (Å²) in [6, 6.07) is 14.0. The van der Waals surface area contributed by atoms with Crippen LogP contribution in [0.15, 0.2) is 58.3 Å². The van der Waals surface area contributed by atoms with Crippen LogP contribution in [0.5, 0.6) is 0 Å². The number of benzene rings is 2. The SMILES string of the molecule is Nc1ccccc1S(=O)CCS(=O)c1ccccc1N. The predicted molar refractivity (Wildman–Crippen MR) is 84.3 cm³/mol. The van der Waals surface area contributed by atoms with Crippen molar-refractivity contribution in [2.45, 2.75) is 9.79 Å². The maximum absolute atomic E-state index is 12.2. The van der Waals surface area contributed by atoms with E-state index < -0.39 is 21.6 Å². The summed E-state index contributed by atoms with van der Waals surface area (Å²) in [6.07, 6.45) is 0. The van der Waals surface area contributed by atoms with Gasteiger partial charge in [-0.3, -0.25) is 8.42 Å². The van der Waals surface area contributed by atoms with Crippen LogP contribution in [-0.4, -0.2) is 19.9 Å². The molecule has 20 heavy (non-hydrogen) atoms. The van der Waals surface area contributed by atoms with Crippen LogP contribution in [0.2, 0.25) is 0 Å². The third-order valence-corrected chi connectivity index (χ3v) is 5.92. The van der Waals surface area contributed by atoms with Crippen molar-refractivity contribution in [3.8, 4) is 0 Å². The number of anilines is 2. The van der Waals surface area contributed by atoms with E-state index in [0.717, 1.165) is 0 Å². The highest BCUT2D eigenvalue weighted by Crippen LogP contribution is 2.18. The fourth-order valence-corrected chi connectivity index (χ4v) is 4.52. The average Bonchev–Trinajstić information content (AvgIpc) is 2.45. The molecule has 0 bridgehead atoms. The molecule has 2 aromatic rings. The fourth-order valence-electron chi connectivity index (χ4n) is 1.75. The molecule has 0 aromatic heterocycles. The summed E-state index contributed by atoms with van der Waals surface area (Å²) >= 11 is 0. The van der Waals surface area contributed by atoms with Crippen molar-refractivity contribution >= 4 is 33.0 Å². The number of para-hydroxylation sites is 2. The Morgan fingerprint density at radius 3 is 1.40 bits per heavy atom. The van der Waals surface area contributed by atoms with E-state index in [1.54, 1.807) is 48.5 Å². The standard InChI is InChI=1S/C14H16N2O2S2/c15-11-5-1-3-7-13(11)19(17)9-10-20(18)14-8-4-2-6-12(14)16/h1-8H,9-10,15-16H2. The van der Waals surface area contributed by atoms with Crippen molar-refractivity contribution in [2.75, 3.05) is 23.0 Å². The van der Waals surface area contributed by atoms with E-state index in [0.29, 0.717) is 21.2 Å². The first kappa shape index (κ1) is 14.7. The summed E-state index contributed by atoms with van der Waals surface area (Å²) in [6.45, 7) is 0. The highest BCUT2D eigenvalue weighted by atomic mass is 32.2. The quantitative estimate of drug-likeness (QED) is 0.824. The summed E-state index contributed by atoms with van der Waals surface area (Å²) in [7, 11) is -2.51. The monoisotopic (exact) mass is 308 g/mol. The van der Waals surface area contributed by atoms with Gasteiger partial charge in [-0.15, -0.1) is 0 Å². The van der Waals surface area contributed by atoms with Gasteiger partial charge in [-0.05, 0) is 24.3 Å². The second kappa shape index (κ2) is 6.67. The van der Waals surface area contributed by atoms with E-state index in [9.17, 15) is 8.42 Å². The molecule has 0 radical (unpaired) electrons. The molecule has 0 aliphatic carbocycles. The Bertz CT molecular complexity index is 602. The van der Waals surface area contributed by atoms with Crippen LogP contribution in [0.4, 0.5) is 11.4 Å². The largest absolute Gasteiger partial charge is 0.398 e. The zero-order valence-corrected chi connectivity index (χ0v) is 12.5. The van der Waals surface area contributed by atoms with Crippen molar-refractivity contribution in [1.82, 2.24) is 0 Å². The van der Waals surface area contributed by atoms with E-state index >= 15 is 0 Å². The Balaban J connectivity index is 2.03. The van der Waals surface area contributed by atoms with Gasteiger partial charge >= 0.3 is 0 Å². The van der Waals surface area contributed by atoms with Crippen LogP contribution in [0.3, 0.4) is 0 Å². The van der Waals surface area contributed by atoms with Gasteiger partial charge in [0.1, 0.15) is 0 Å². The minimum atomic E-state index is -1.25. The lowest BCUT2D eigenvalue weighted by molar-refractivity contribution is 0.678. The normalized spacial score (nSPS) is 13.8.